The van der Waals surface area contributed by atoms with Crippen LogP contribution < -0.4 is 14.2 Å². The maximum absolute atomic E-state index is 10.3. The lowest BCUT2D eigenvalue weighted by atomic mass is 9.98. The van der Waals surface area contributed by atoms with Crippen molar-refractivity contribution in [2.45, 2.75) is 68.3 Å². The molecule has 0 aromatic heterocycles. The normalized spacial score (nSPS) is 40.0. The minimum Gasteiger partial charge on any atom is -0.493 e. The first kappa shape index (κ1) is 24.9. The van der Waals surface area contributed by atoms with Crippen molar-refractivity contribution in [3.63, 3.8) is 0 Å². The van der Waals surface area contributed by atoms with Crippen molar-refractivity contribution in [2.75, 3.05) is 20.8 Å². The summed E-state index contributed by atoms with van der Waals surface area (Å²) >= 11 is 0. The molecule has 32 heavy (non-hydrogen) atoms. The van der Waals surface area contributed by atoms with E-state index in [1.807, 2.05) is 0 Å². The fourth-order valence-electron chi connectivity index (χ4n) is 3.52. The fourth-order valence-corrected chi connectivity index (χ4v) is 3.52. The van der Waals surface area contributed by atoms with Crippen molar-refractivity contribution in [3.8, 4) is 17.2 Å². The number of benzene rings is 1. The molecular weight excluding hydrogens is 432 g/mol. The van der Waals surface area contributed by atoms with E-state index in [1.54, 1.807) is 12.1 Å². The smallest absolute Gasteiger partial charge is 0.229 e. The van der Waals surface area contributed by atoms with Gasteiger partial charge in [0.25, 0.3) is 0 Å². The summed E-state index contributed by atoms with van der Waals surface area (Å²) in [5.74, 6) is 1.07. The van der Waals surface area contributed by atoms with E-state index in [1.165, 1.54) is 27.2 Å². The zero-order valence-electron chi connectivity index (χ0n) is 17.8. The van der Waals surface area contributed by atoms with Crippen molar-refractivity contribution in [2.24, 2.45) is 0 Å². The number of hydrogen-bond acceptors (Lipinski definition) is 12. The van der Waals surface area contributed by atoms with Crippen LogP contribution in [0.25, 0.3) is 0 Å². The number of methoxy groups -OCH3 is 2. The minimum absolute atomic E-state index is 0.243. The average Bonchev–Trinajstić information content (AvgIpc) is 2.79. The van der Waals surface area contributed by atoms with Crippen LogP contribution in [0.2, 0.25) is 0 Å². The summed E-state index contributed by atoms with van der Waals surface area (Å²) in [5.41, 5.74) is 0. The van der Waals surface area contributed by atoms with Crippen molar-refractivity contribution in [3.05, 3.63) is 18.2 Å². The SMILES string of the molecule is COc1ccc(O[C@H]2O[C@H](CO[C@@H]3O[C@H](C)[C@H](O)[C@@H](O)[C@H]3O)[C@@H](O)[C@@H](O)[C@@H]2O)cc1OC. The molecule has 0 amide bonds. The van der Waals surface area contributed by atoms with Gasteiger partial charge in [0.2, 0.25) is 6.29 Å². The first-order valence-electron chi connectivity index (χ1n) is 10.1. The summed E-state index contributed by atoms with van der Waals surface area (Å²) in [7, 11) is 2.92. The van der Waals surface area contributed by atoms with E-state index >= 15 is 0 Å². The third kappa shape index (κ3) is 5.09. The Balaban J connectivity index is 1.66. The van der Waals surface area contributed by atoms with Crippen LogP contribution in [-0.4, -0.2) is 113 Å². The molecule has 0 radical (unpaired) electrons. The summed E-state index contributed by atoms with van der Waals surface area (Å²) in [5, 5.41) is 60.5. The Kier molecular flexibility index (Phi) is 8.14. The average molecular weight is 462 g/mol. The second-order valence-electron chi connectivity index (χ2n) is 7.66. The van der Waals surface area contributed by atoms with E-state index in [2.05, 4.69) is 0 Å². The molecule has 0 saturated carbocycles. The molecule has 2 fully saturated rings. The molecule has 0 unspecified atom stereocenters. The van der Waals surface area contributed by atoms with Gasteiger partial charge < -0.3 is 59.1 Å². The Morgan fingerprint density at radius 2 is 1.38 bits per heavy atom. The Morgan fingerprint density at radius 1 is 0.750 bits per heavy atom. The molecule has 2 aliphatic rings. The number of aliphatic hydroxyl groups is 6. The van der Waals surface area contributed by atoms with Gasteiger partial charge in [0.15, 0.2) is 17.8 Å². The van der Waals surface area contributed by atoms with Crippen molar-refractivity contribution >= 4 is 0 Å². The largest absolute Gasteiger partial charge is 0.493 e. The topological polar surface area (TPSA) is 177 Å². The van der Waals surface area contributed by atoms with E-state index in [0.29, 0.717) is 11.5 Å². The molecule has 1 aromatic rings. The highest BCUT2D eigenvalue weighted by molar-refractivity contribution is 5.45. The molecule has 1 aromatic carbocycles. The molecule has 0 aliphatic carbocycles. The van der Waals surface area contributed by atoms with Crippen molar-refractivity contribution in [1.82, 2.24) is 0 Å². The zero-order valence-corrected chi connectivity index (χ0v) is 17.8. The molecule has 2 aliphatic heterocycles. The van der Waals surface area contributed by atoms with Crippen molar-refractivity contribution < 1.29 is 59.1 Å². The summed E-state index contributed by atoms with van der Waals surface area (Å²) in [6.07, 6.45) is -13.7. The van der Waals surface area contributed by atoms with E-state index in [9.17, 15) is 30.6 Å². The second-order valence-corrected chi connectivity index (χ2v) is 7.66. The van der Waals surface area contributed by atoms with Gasteiger partial charge in [0.1, 0.15) is 48.5 Å². The monoisotopic (exact) mass is 462 g/mol. The lowest BCUT2D eigenvalue weighted by molar-refractivity contribution is -0.318. The molecule has 2 heterocycles. The Bertz CT molecular complexity index is 747. The quantitative estimate of drug-likeness (QED) is 0.257. The van der Waals surface area contributed by atoms with Gasteiger partial charge in [-0.25, -0.2) is 0 Å². The summed E-state index contributed by atoms with van der Waals surface area (Å²) in [4.78, 5) is 0. The molecule has 6 N–H and O–H groups in total. The molecule has 0 bridgehead atoms. The summed E-state index contributed by atoms with van der Waals surface area (Å²) in [6, 6.07) is 4.62. The summed E-state index contributed by atoms with van der Waals surface area (Å²) < 4.78 is 32.3. The van der Waals surface area contributed by atoms with Gasteiger partial charge in [-0.05, 0) is 19.1 Å². The van der Waals surface area contributed by atoms with Gasteiger partial charge in [-0.1, -0.05) is 0 Å². The lowest BCUT2D eigenvalue weighted by Crippen LogP contribution is -2.61. The molecule has 12 nitrogen and oxygen atoms in total. The van der Waals surface area contributed by atoms with Crippen LogP contribution in [0.4, 0.5) is 0 Å². The van der Waals surface area contributed by atoms with Crippen LogP contribution in [0.3, 0.4) is 0 Å². The van der Waals surface area contributed by atoms with E-state index in [0.717, 1.165) is 0 Å². The van der Waals surface area contributed by atoms with E-state index < -0.39 is 61.4 Å². The fraction of sp³-hybridized carbons (Fsp3) is 0.700. The van der Waals surface area contributed by atoms with Gasteiger partial charge in [-0.3, -0.25) is 0 Å². The number of hydrogen-bond donors (Lipinski definition) is 6. The Morgan fingerprint density at radius 3 is 2.03 bits per heavy atom. The van der Waals surface area contributed by atoms with Crippen molar-refractivity contribution in [1.29, 1.82) is 0 Å². The summed E-state index contributed by atoms with van der Waals surface area (Å²) in [6.45, 7) is 1.11. The van der Waals surface area contributed by atoms with Gasteiger partial charge in [0, 0.05) is 6.07 Å². The highest BCUT2D eigenvalue weighted by Crippen LogP contribution is 2.33. The number of ether oxygens (including phenoxy) is 6. The lowest BCUT2D eigenvalue weighted by Gasteiger charge is -2.42. The molecule has 182 valence electrons. The first-order valence-corrected chi connectivity index (χ1v) is 10.1. The Hall–Kier alpha value is -1.74. The first-order chi connectivity index (χ1) is 15.2. The van der Waals surface area contributed by atoms with Crippen LogP contribution in [-0.2, 0) is 14.2 Å². The van der Waals surface area contributed by atoms with Gasteiger partial charge in [-0.15, -0.1) is 0 Å². The number of rotatable bonds is 7. The molecule has 3 rings (SSSR count). The standard InChI is InChI=1S/C20H30O12/c1-8-13(21)15(23)17(25)19(30-8)29-7-12-14(22)16(24)18(26)20(32-12)31-9-4-5-10(27-2)11(6-9)28-3/h4-6,8,12-26H,7H2,1-3H3/t8-,12-,13+,14-,15-,16-,17-,18+,19-,20+/m1/s1. The van der Waals surface area contributed by atoms with E-state index in [-0.39, 0.29) is 12.4 Å². The number of aliphatic hydroxyl groups excluding tert-OH is 6. The van der Waals surface area contributed by atoms with Gasteiger partial charge in [-0.2, -0.15) is 0 Å². The van der Waals surface area contributed by atoms with Gasteiger partial charge >= 0.3 is 0 Å². The van der Waals surface area contributed by atoms with Crippen LogP contribution in [0.1, 0.15) is 6.92 Å². The van der Waals surface area contributed by atoms with Crippen LogP contribution >= 0.6 is 0 Å². The zero-order chi connectivity index (χ0) is 23.6. The Labute approximate surface area is 184 Å². The van der Waals surface area contributed by atoms with Crippen LogP contribution in [0.5, 0.6) is 17.2 Å². The molecule has 10 atom stereocenters. The highest BCUT2D eigenvalue weighted by Gasteiger charge is 2.47. The second kappa shape index (κ2) is 10.5. The highest BCUT2D eigenvalue weighted by atomic mass is 16.7. The van der Waals surface area contributed by atoms with Crippen LogP contribution in [0.15, 0.2) is 18.2 Å². The molecule has 2 saturated heterocycles. The van der Waals surface area contributed by atoms with E-state index in [4.69, 9.17) is 28.4 Å². The third-order valence-electron chi connectivity index (χ3n) is 5.51. The molecule has 12 heteroatoms. The predicted molar refractivity (Wildman–Crippen MR) is 105 cm³/mol. The molecule has 0 spiro atoms. The molecular formula is C20H30O12. The van der Waals surface area contributed by atoms with Crippen LogP contribution in [0, 0.1) is 0 Å². The van der Waals surface area contributed by atoms with Gasteiger partial charge in [0.05, 0.1) is 26.9 Å². The third-order valence-corrected chi connectivity index (χ3v) is 5.51. The minimum atomic E-state index is -1.62. The predicted octanol–water partition coefficient (Wildman–Crippen LogP) is -2.27. The maximum atomic E-state index is 10.3. The maximum Gasteiger partial charge on any atom is 0.229 e.